The number of hydrogen-bond acceptors (Lipinski definition) is 3. The Balaban J connectivity index is 1.70. The van der Waals surface area contributed by atoms with Crippen LogP contribution in [-0.2, 0) is 0 Å². The van der Waals surface area contributed by atoms with Crippen molar-refractivity contribution in [2.75, 3.05) is 5.32 Å². The highest BCUT2D eigenvalue weighted by Crippen LogP contribution is 2.42. The molecule has 1 amide bonds. The topological polar surface area (TPSA) is 59.8 Å². The lowest BCUT2D eigenvalue weighted by molar-refractivity contribution is 0.102. The van der Waals surface area contributed by atoms with Gasteiger partial charge in [0, 0.05) is 16.6 Å². The van der Waals surface area contributed by atoms with Crippen LogP contribution in [0, 0.1) is 6.92 Å². The minimum atomic E-state index is -0.255. The van der Waals surface area contributed by atoms with Gasteiger partial charge in [0.2, 0.25) is 0 Å². The van der Waals surface area contributed by atoms with Crippen LogP contribution in [-0.4, -0.2) is 20.9 Å². The van der Waals surface area contributed by atoms with E-state index in [9.17, 15) is 4.79 Å². The Hall–Kier alpha value is -2.66. The van der Waals surface area contributed by atoms with E-state index in [4.69, 9.17) is 11.6 Å². The van der Waals surface area contributed by atoms with E-state index in [1.165, 1.54) is 0 Å². The number of nitrogens with zero attached hydrogens (tertiary/aromatic N) is 3. The Morgan fingerprint density at radius 3 is 2.64 bits per heavy atom. The highest BCUT2D eigenvalue weighted by atomic mass is 35.5. The smallest absolute Gasteiger partial charge is 0.278 e. The molecule has 0 saturated heterocycles. The Kier molecular flexibility index (Phi) is 4.01. The monoisotopic (exact) mass is 352 g/mol. The minimum Gasteiger partial charge on any atom is -0.320 e. The van der Waals surface area contributed by atoms with Crippen molar-refractivity contribution in [2.45, 2.75) is 25.7 Å². The molecular weight excluding hydrogens is 336 g/mol. The zero-order valence-corrected chi connectivity index (χ0v) is 14.5. The van der Waals surface area contributed by atoms with Crippen LogP contribution in [0.25, 0.3) is 5.69 Å². The second kappa shape index (κ2) is 6.33. The van der Waals surface area contributed by atoms with Gasteiger partial charge in [-0.3, -0.25) is 4.79 Å². The molecule has 126 valence electrons. The average Bonchev–Trinajstić information content (AvgIpc) is 3.37. The third-order valence-electron chi connectivity index (χ3n) is 4.40. The van der Waals surface area contributed by atoms with Crippen molar-refractivity contribution in [3.8, 4) is 5.69 Å². The van der Waals surface area contributed by atoms with E-state index in [1.54, 1.807) is 10.7 Å². The number of para-hydroxylation sites is 1. The molecule has 0 bridgehead atoms. The highest BCUT2D eigenvalue weighted by molar-refractivity contribution is 6.31. The number of anilines is 1. The fourth-order valence-corrected chi connectivity index (χ4v) is 3.03. The van der Waals surface area contributed by atoms with E-state index in [1.807, 2.05) is 49.4 Å². The number of aromatic nitrogens is 3. The van der Waals surface area contributed by atoms with Crippen LogP contribution in [0.2, 0.25) is 5.02 Å². The van der Waals surface area contributed by atoms with E-state index < -0.39 is 0 Å². The fraction of sp³-hybridized carbons (Fsp3) is 0.211. The van der Waals surface area contributed by atoms with Crippen LogP contribution in [0.4, 0.5) is 5.69 Å². The molecule has 1 N–H and O–H groups in total. The first kappa shape index (κ1) is 15.8. The van der Waals surface area contributed by atoms with Gasteiger partial charge in [0.25, 0.3) is 5.91 Å². The molecule has 5 nitrogen and oxygen atoms in total. The summed E-state index contributed by atoms with van der Waals surface area (Å²) in [7, 11) is 0. The first-order chi connectivity index (χ1) is 12.1. The molecule has 2 aromatic carbocycles. The predicted octanol–water partition coefficient (Wildman–Crippen LogP) is 4.36. The lowest BCUT2D eigenvalue weighted by atomic mass is 10.1. The van der Waals surface area contributed by atoms with E-state index in [-0.39, 0.29) is 5.91 Å². The zero-order valence-electron chi connectivity index (χ0n) is 13.7. The molecular formula is C19H17ClN4O. The summed E-state index contributed by atoms with van der Waals surface area (Å²) in [6.07, 6.45) is 2.10. The summed E-state index contributed by atoms with van der Waals surface area (Å²) < 4.78 is 1.78. The summed E-state index contributed by atoms with van der Waals surface area (Å²) in [5, 5.41) is 11.9. The molecule has 1 aliphatic rings. The fourth-order valence-electron chi connectivity index (χ4n) is 2.86. The molecule has 1 fully saturated rings. The summed E-state index contributed by atoms with van der Waals surface area (Å²) in [5.74, 6) is 0.0749. The highest BCUT2D eigenvalue weighted by Gasteiger charge is 2.34. The van der Waals surface area contributed by atoms with Gasteiger partial charge in [-0.15, -0.1) is 5.10 Å². The molecule has 0 atom stereocenters. The number of nitrogens with one attached hydrogen (secondary N) is 1. The van der Waals surface area contributed by atoms with Gasteiger partial charge >= 0.3 is 0 Å². The van der Waals surface area contributed by atoms with E-state index in [0.29, 0.717) is 22.3 Å². The molecule has 1 heterocycles. The molecule has 25 heavy (non-hydrogen) atoms. The molecule has 6 heteroatoms. The van der Waals surface area contributed by atoms with Gasteiger partial charge in [0.05, 0.1) is 11.4 Å². The number of carbonyl (C=O) groups excluding carboxylic acids is 1. The third kappa shape index (κ3) is 3.03. The van der Waals surface area contributed by atoms with Crippen LogP contribution in [0.5, 0.6) is 0 Å². The molecule has 1 saturated carbocycles. The van der Waals surface area contributed by atoms with Crippen LogP contribution in [0.1, 0.15) is 40.5 Å². The van der Waals surface area contributed by atoms with Crippen LogP contribution >= 0.6 is 11.6 Å². The number of amides is 1. The molecule has 0 spiro atoms. The summed E-state index contributed by atoms with van der Waals surface area (Å²) >= 11 is 6.14. The van der Waals surface area contributed by atoms with Crippen molar-refractivity contribution in [2.24, 2.45) is 0 Å². The maximum atomic E-state index is 12.8. The average molecular weight is 353 g/mol. The number of carbonyl (C=O) groups is 1. The summed E-state index contributed by atoms with van der Waals surface area (Å²) in [6.45, 7) is 1.88. The van der Waals surface area contributed by atoms with Crippen LogP contribution < -0.4 is 5.32 Å². The third-order valence-corrected chi connectivity index (χ3v) is 4.81. The van der Waals surface area contributed by atoms with Crippen molar-refractivity contribution < 1.29 is 4.79 Å². The van der Waals surface area contributed by atoms with E-state index in [0.717, 1.165) is 29.8 Å². The largest absolute Gasteiger partial charge is 0.320 e. The van der Waals surface area contributed by atoms with Gasteiger partial charge in [-0.05, 0) is 49.6 Å². The number of hydrogen-bond donors (Lipinski definition) is 1. The Morgan fingerprint density at radius 1 is 1.16 bits per heavy atom. The van der Waals surface area contributed by atoms with Crippen LogP contribution in [0.3, 0.4) is 0 Å². The molecule has 1 aliphatic carbocycles. The second-order valence-corrected chi connectivity index (χ2v) is 6.62. The van der Waals surface area contributed by atoms with Crippen molar-refractivity contribution in [3.63, 3.8) is 0 Å². The van der Waals surface area contributed by atoms with Gasteiger partial charge in [-0.1, -0.05) is 41.1 Å². The standard InChI is InChI=1S/C19H17ClN4O/c1-12-15(20)8-5-9-16(12)21-19(25)17-18(13-10-11-13)24(23-22-17)14-6-3-2-4-7-14/h2-9,13H,10-11H2,1H3,(H,21,25). The normalized spacial score (nSPS) is 13.7. The van der Waals surface area contributed by atoms with Gasteiger partial charge < -0.3 is 5.32 Å². The molecule has 0 radical (unpaired) electrons. The molecule has 0 aliphatic heterocycles. The van der Waals surface area contributed by atoms with Gasteiger partial charge in [-0.2, -0.15) is 0 Å². The minimum absolute atomic E-state index is 0.255. The SMILES string of the molecule is Cc1c(Cl)cccc1NC(=O)c1nnn(-c2ccccc2)c1C1CC1. The Morgan fingerprint density at radius 2 is 1.92 bits per heavy atom. The molecule has 0 unspecified atom stereocenters. The first-order valence-electron chi connectivity index (χ1n) is 8.22. The van der Waals surface area contributed by atoms with E-state index >= 15 is 0 Å². The quantitative estimate of drug-likeness (QED) is 0.759. The molecule has 1 aromatic heterocycles. The van der Waals surface area contributed by atoms with Crippen LogP contribution in [0.15, 0.2) is 48.5 Å². The van der Waals surface area contributed by atoms with Crippen molar-refractivity contribution in [1.29, 1.82) is 0 Å². The summed E-state index contributed by atoms with van der Waals surface area (Å²) in [6, 6.07) is 15.2. The number of benzene rings is 2. The summed E-state index contributed by atoms with van der Waals surface area (Å²) in [4.78, 5) is 12.8. The van der Waals surface area contributed by atoms with Gasteiger partial charge in [0.1, 0.15) is 0 Å². The first-order valence-corrected chi connectivity index (χ1v) is 8.60. The number of rotatable bonds is 4. The lowest BCUT2D eigenvalue weighted by Crippen LogP contribution is -2.16. The summed E-state index contributed by atoms with van der Waals surface area (Å²) in [5.41, 5.74) is 3.69. The Labute approximate surface area is 150 Å². The number of halogens is 1. The maximum Gasteiger partial charge on any atom is 0.278 e. The van der Waals surface area contributed by atoms with Crippen molar-refractivity contribution in [3.05, 3.63) is 70.5 Å². The maximum absolute atomic E-state index is 12.8. The zero-order chi connectivity index (χ0) is 17.4. The molecule has 3 aromatic rings. The van der Waals surface area contributed by atoms with E-state index in [2.05, 4.69) is 15.6 Å². The second-order valence-electron chi connectivity index (χ2n) is 6.21. The predicted molar refractivity (Wildman–Crippen MR) is 97.5 cm³/mol. The Bertz CT molecular complexity index is 932. The molecule has 4 rings (SSSR count). The van der Waals surface area contributed by atoms with Gasteiger partial charge in [-0.25, -0.2) is 4.68 Å². The van der Waals surface area contributed by atoms with Gasteiger partial charge in [0.15, 0.2) is 5.69 Å². The van der Waals surface area contributed by atoms with Crippen molar-refractivity contribution >= 4 is 23.2 Å². The lowest BCUT2D eigenvalue weighted by Gasteiger charge is -2.10. The van der Waals surface area contributed by atoms with Crippen molar-refractivity contribution in [1.82, 2.24) is 15.0 Å².